The molecule has 4 aromatic carbocycles. The lowest BCUT2D eigenvalue weighted by Gasteiger charge is -2.26. The van der Waals surface area contributed by atoms with Crippen molar-refractivity contribution in [2.75, 3.05) is 0 Å². The summed E-state index contributed by atoms with van der Waals surface area (Å²) < 4.78 is 33.9. The molecule has 2 heterocycles. The Morgan fingerprint density at radius 1 is 0.843 bits per heavy atom. The summed E-state index contributed by atoms with van der Waals surface area (Å²) in [4.78, 5) is 25.7. The average Bonchev–Trinajstić information content (AvgIpc) is 3.71. The SMILES string of the molecule is CC(C)(N)C(=O)N[C@H](Cc1c[nH]c2ccccc12)c1nnc(Cc2ccccc2)n1CC(c1ccccc1)c1ccccc1.O=C(O)C(F)(F)F. The predicted octanol–water partition coefficient (Wildman–Crippen LogP) is 6.95. The first-order valence-electron chi connectivity index (χ1n) is 16.3. The number of alkyl halides is 3. The third-order valence-corrected chi connectivity index (χ3v) is 8.37. The van der Waals surface area contributed by atoms with E-state index in [1.165, 1.54) is 11.1 Å². The van der Waals surface area contributed by atoms with Gasteiger partial charge in [-0.25, -0.2) is 4.79 Å². The summed E-state index contributed by atoms with van der Waals surface area (Å²) in [6, 6.07) is 39.1. The van der Waals surface area contributed by atoms with Gasteiger partial charge >= 0.3 is 12.1 Å². The topological polar surface area (TPSA) is 139 Å². The maximum atomic E-state index is 13.4. The lowest BCUT2D eigenvalue weighted by atomic mass is 9.91. The summed E-state index contributed by atoms with van der Waals surface area (Å²) >= 11 is 0. The van der Waals surface area contributed by atoms with Crippen molar-refractivity contribution in [3.05, 3.63) is 155 Å². The van der Waals surface area contributed by atoms with Gasteiger partial charge in [-0.2, -0.15) is 13.2 Å². The third kappa shape index (κ3) is 9.49. The number of aromatic nitrogens is 4. The van der Waals surface area contributed by atoms with Gasteiger partial charge in [0.05, 0.1) is 11.6 Å². The van der Waals surface area contributed by atoms with Gasteiger partial charge in [0.1, 0.15) is 5.82 Å². The second kappa shape index (κ2) is 15.9. The van der Waals surface area contributed by atoms with Crippen LogP contribution in [0.5, 0.6) is 0 Å². The molecule has 0 fully saturated rings. The maximum absolute atomic E-state index is 13.4. The van der Waals surface area contributed by atoms with Crippen LogP contribution >= 0.6 is 0 Å². The van der Waals surface area contributed by atoms with E-state index in [0.717, 1.165) is 27.9 Å². The third-order valence-electron chi connectivity index (χ3n) is 8.37. The van der Waals surface area contributed by atoms with E-state index in [0.29, 0.717) is 25.2 Å². The number of carbonyl (C=O) groups is 2. The Balaban J connectivity index is 0.000000654. The summed E-state index contributed by atoms with van der Waals surface area (Å²) in [6.07, 6.45) is -1.93. The fraction of sp³-hybridized carbons (Fsp3) is 0.231. The van der Waals surface area contributed by atoms with E-state index < -0.39 is 23.7 Å². The Morgan fingerprint density at radius 3 is 1.92 bits per heavy atom. The first-order valence-corrected chi connectivity index (χ1v) is 16.3. The van der Waals surface area contributed by atoms with Gasteiger partial charge in [-0.1, -0.05) is 109 Å². The van der Waals surface area contributed by atoms with Gasteiger partial charge in [0.25, 0.3) is 0 Å². The summed E-state index contributed by atoms with van der Waals surface area (Å²) in [5, 5.41) is 21.0. The van der Waals surface area contributed by atoms with Crippen molar-refractivity contribution >= 4 is 22.8 Å². The molecule has 0 spiro atoms. The van der Waals surface area contributed by atoms with Crippen LogP contribution in [0.4, 0.5) is 13.2 Å². The number of aliphatic carboxylic acids is 1. The van der Waals surface area contributed by atoms with Crippen molar-refractivity contribution in [3.63, 3.8) is 0 Å². The lowest BCUT2D eigenvalue weighted by Crippen LogP contribution is -2.50. The highest BCUT2D eigenvalue weighted by Gasteiger charge is 2.38. The van der Waals surface area contributed by atoms with Gasteiger partial charge in [-0.05, 0) is 42.2 Å². The summed E-state index contributed by atoms with van der Waals surface area (Å²) in [7, 11) is 0. The van der Waals surface area contributed by atoms with Crippen LogP contribution in [-0.2, 0) is 29.0 Å². The van der Waals surface area contributed by atoms with Gasteiger partial charge in [-0.3, -0.25) is 4.79 Å². The first kappa shape index (κ1) is 36.5. The van der Waals surface area contributed by atoms with Gasteiger partial charge in [-0.15, -0.1) is 10.2 Å². The van der Waals surface area contributed by atoms with Crippen LogP contribution in [0.1, 0.15) is 59.7 Å². The van der Waals surface area contributed by atoms with Crippen LogP contribution in [-0.4, -0.2) is 48.4 Å². The number of hydrogen-bond acceptors (Lipinski definition) is 5. The van der Waals surface area contributed by atoms with E-state index in [9.17, 15) is 18.0 Å². The highest BCUT2D eigenvalue weighted by molar-refractivity contribution is 5.86. The minimum atomic E-state index is -5.08. The molecule has 0 bridgehead atoms. The zero-order valence-electron chi connectivity index (χ0n) is 28.1. The van der Waals surface area contributed by atoms with E-state index >= 15 is 0 Å². The molecule has 1 amide bonds. The minimum Gasteiger partial charge on any atom is -0.475 e. The molecule has 2 aromatic heterocycles. The summed E-state index contributed by atoms with van der Waals surface area (Å²) in [5.41, 5.74) is 10.9. The Morgan fingerprint density at radius 2 is 1.37 bits per heavy atom. The number of amides is 1. The van der Waals surface area contributed by atoms with Crippen molar-refractivity contribution in [2.45, 2.75) is 56.9 Å². The summed E-state index contributed by atoms with van der Waals surface area (Å²) in [5.74, 6) is -1.42. The molecule has 6 aromatic rings. The Labute approximate surface area is 293 Å². The Kier molecular flexibility index (Phi) is 11.4. The number of carboxylic acid groups (broad SMARTS) is 1. The number of carboxylic acids is 1. The number of H-pyrrole nitrogens is 1. The van der Waals surface area contributed by atoms with Gasteiger partial charge in [0.15, 0.2) is 5.82 Å². The second-order valence-corrected chi connectivity index (χ2v) is 12.7. The van der Waals surface area contributed by atoms with Crippen molar-refractivity contribution < 1.29 is 27.9 Å². The van der Waals surface area contributed by atoms with Gasteiger partial charge < -0.3 is 25.7 Å². The zero-order valence-corrected chi connectivity index (χ0v) is 28.1. The van der Waals surface area contributed by atoms with Gasteiger partial charge in [0, 0.05) is 42.4 Å². The Hall–Kier alpha value is -5.75. The largest absolute Gasteiger partial charge is 0.490 e. The molecular formula is C39H39F3N6O3. The normalized spacial score (nSPS) is 12.3. The molecule has 0 unspecified atom stereocenters. The maximum Gasteiger partial charge on any atom is 0.490 e. The summed E-state index contributed by atoms with van der Waals surface area (Å²) in [6.45, 7) is 4.04. The number of nitrogens with two attached hydrogens (primary N) is 1. The molecule has 6 rings (SSSR count). The van der Waals surface area contributed by atoms with Crippen molar-refractivity contribution in [1.82, 2.24) is 25.1 Å². The Bertz CT molecular complexity index is 2000. The van der Waals surface area contributed by atoms with Crippen LogP contribution < -0.4 is 11.1 Å². The number of rotatable bonds is 11. The molecule has 12 heteroatoms. The fourth-order valence-corrected chi connectivity index (χ4v) is 5.74. The molecule has 51 heavy (non-hydrogen) atoms. The number of para-hydroxylation sites is 1. The predicted molar refractivity (Wildman–Crippen MR) is 189 cm³/mol. The quantitative estimate of drug-likeness (QED) is 0.116. The molecule has 0 radical (unpaired) electrons. The van der Waals surface area contributed by atoms with E-state index in [1.807, 2.05) is 48.7 Å². The smallest absolute Gasteiger partial charge is 0.475 e. The molecule has 264 valence electrons. The molecule has 9 nitrogen and oxygen atoms in total. The number of nitrogens with zero attached hydrogens (tertiary/aromatic N) is 3. The highest BCUT2D eigenvalue weighted by Crippen LogP contribution is 2.31. The standard InChI is InChI=1S/C37H38N6O.C2HF3O2/c1-37(2,38)36(44)40-33(23-29-24-39-32-21-13-12-20-30(29)32)35-42-41-34(22-26-14-6-3-7-15-26)43(35)25-31(27-16-8-4-9-17-27)28-18-10-5-11-19-28;3-2(4,5)1(6)7/h3-21,24,31,33,39H,22-23,25,38H2,1-2H3,(H,40,44);(H,6,7)/t33-;/m1./s1. The number of aromatic amines is 1. The van der Waals surface area contributed by atoms with E-state index in [2.05, 4.69) is 87.7 Å². The van der Waals surface area contributed by atoms with Crippen molar-refractivity contribution in [2.24, 2.45) is 5.73 Å². The lowest BCUT2D eigenvalue weighted by molar-refractivity contribution is -0.192. The number of fused-ring (bicyclic) bond motifs is 1. The zero-order chi connectivity index (χ0) is 36.6. The van der Waals surface area contributed by atoms with Crippen molar-refractivity contribution in [1.29, 1.82) is 0 Å². The molecule has 1 atom stereocenters. The van der Waals surface area contributed by atoms with Crippen LogP contribution in [0.15, 0.2) is 121 Å². The monoisotopic (exact) mass is 696 g/mol. The van der Waals surface area contributed by atoms with Crippen LogP contribution in [0, 0.1) is 0 Å². The van der Waals surface area contributed by atoms with Gasteiger partial charge in [0.2, 0.25) is 5.91 Å². The molecular weight excluding hydrogens is 657 g/mol. The molecule has 0 aliphatic rings. The van der Waals surface area contributed by atoms with Crippen LogP contribution in [0.3, 0.4) is 0 Å². The van der Waals surface area contributed by atoms with E-state index in [-0.39, 0.29) is 11.8 Å². The number of nitrogens with one attached hydrogen (secondary N) is 2. The number of halogens is 3. The first-order chi connectivity index (χ1) is 24.3. The van der Waals surface area contributed by atoms with E-state index in [1.54, 1.807) is 13.8 Å². The number of benzene rings is 4. The molecule has 0 saturated heterocycles. The van der Waals surface area contributed by atoms with E-state index in [4.69, 9.17) is 25.8 Å². The van der Waals surface area contributed by atoms with Crippen LogP contribution in [0.2, 0.25) is 0 Å². The second-order valence-electron chi connectivity index (χ2n) is 12.7. The van der Waals surface area contributed by atoms with Crippen LogP contribution in [0.25, 0.3) is 10.9 Å². The molecule has 0 saturated carbocycles. The average molecular weight is 697 g/mol. The molecule has 5 N–H and O–H groups in total. The highest BCUT2D eigenvalue weighted by atomic mass is 19.4. The van der Waals surface area contributed by atoms with Crippen molar-refractivity contribution in [3.8, 4) is 0 Å². The minimum absolute atomic E-state index is 0.0389. The fourth-order valence-electron chi connectivity index (χ4n) is 5.74. The number of carbonyl (C=O) groups excluding carboxylic acids is 1. The number of hydrogen-bond donors (Lipinski definition) is 4. The molecule has 0 aliphatic carbocycles. The molecule has 0 aliphatic heterocycles.